The van der Waals surface area contributed by atoms with E-state index in [-0.39, 0.29) is 0 Å². The predicted octanol–water partition coefficient (Wildman–Crippen LogP) is 1.81. The second-order valence-corrected chi connectivity index (χ2v) is 5.44. The minimum absolute atomic E-state index is 0.405. The van der Waals surface area contributed by atoms with Crippen molar-refractivity contribution in [3.63, 3.8) is 0 Å². The first kappa shape index (κ1) is 12.0. The molecule has 1 fully saturated rings. The summed E-state index contributed by atoms with van der Waals surface area (Å²) in [6, 6.07) is 6.47. The first-order valence-electron chi connectivity index (χ1n) is 6.99. The third-order valence-electron chi connectivity index (χ3n) is 4.06. The SMILES string of the molecule is CN1CCC(Oc2cccc3c2CCNC3)CC1. The van der Waals surface area contributed by atoms with Gasteiger partial charge in [-0.3, -0.25) is 0 Å². The summed E-state index contributed by atoms with van der Waals surface area (Å²) < 4.78 is 6.25. The summed E-state index contributed by atoms with van der Waals surface area (Å²) in [7, 11) is 2.19. The molecular weight excluding hydrogens is 224 g/mol. The van der Waals surface area contributed by atoms with E-state index in [1.165, 1.54) is 11.1 Å². The molecule has 18 heavy (non-hydrogen) atoms. The van der Waals surface area contributed by atoms with Crippen molar-refractivity contribution in [3.05, 3.63) is 29.3 Å². The highest BCUT2D eigenvalue weighted by Crippen LogP contribution is 2.27. The summed E-state index contributed by atoms with van der Waals surface area (Å²) in [4.78, 5) is 2.38. The van der Waals surface area contributed by atoms with Gasteiger partial charge in [0.05, 0.1) is 0 Å². The van der Waals surface area contributed by atoms with Crippen molar-refractivity contribution in [1.82, 2.24) is 10.2 Å². The number of nitrogens with zero attached hydrogens (tertiary/aromatic N) is 1. The van der Waals surface area contributed by atoms with Gasteiger partial charge in [-0.1, -0.05) is 12.1 Å². The van der Waals surface area contributed by atoms with Crippen LogP contribution in [0.25, 0.3) is 0 Å². The van der Waals surface area contributed by atoms with E-state index in [2.05, 4.69) is 35.5 Å². The number of nitrogens with one attached hydrogen (secondary N) is 1. The fourth-order valence-corrected chi connectivity index (χ4v) is 2.89. The summed E-state index contributed by atoms with van der Waals surface area (Å²) in [6.07, 6.45) is 3.80. The van der Waals surface area contributed by atoms with Crippen LogP contribution in [0.2, 0.25) is 0 Å². The van der Waals surface area contributed by atoms with Crippen LogP contribution in [0.3, 0.4) is 0 Å². The summed E-state index contributed by atoms with van der Waals surface area (Å²) in [5.41, 5.74) is 2.84. The molecule has 0 atom stereocenters. The Hall–Kier alpha value is -1.06. The monoisotopic (exact) mass is 246 g/mol. The zero-order valence-electron chi connectivity index (χ0n) is 11.1. The third kappa shape index (κ3) is 2.52. The Bertz CT molecular complexity index is 411. The number of hydrogen-bond acceptors (Lipinski definition) is 3. The van der Waals surface area contributed by atoms with E-state index in [0.29, 0.717) is 6.10 Å². The molecule has 1 aromatic carbocycles. The van der Waals surface area contributed by atoms with Crippen molar-refractivity contribution < 1.29 is 4.74 Å². The van der Waals surface area contributed by atoms with E-state index < -0.39 is 0 Å². The highest BCUT2D eigenvalue weighted by Gasteiger charge is 2.20. The lowest BCUT2D eigenvalue weighted by Crippen LogP contribution is -2.36. The van der Waals surface area contributed by atoms with Gasteiger partial charge in [0.15, 0.2) is 0 Å². The first-order valence-corrected chi connectivity index (χ1v) is 6.99. The van der Waals surface area contributed by atoms with E-state index >= 15 is 0 Å². The number of hydrogen-bond donors (Lipinski definition) is 1. The predicted molar refractivity (Wildman–Crippen MR) is 73.0 cm³/mol. The van der Waals surface area contributed by atoms with E-state index in [0.717, 1.165) is 51.2 Å². The topological polar surface area (TPSA) is 24.5 Å². The molecule has 1 N–H and O–H groups in total. The Morgan fingerprint density at radius 2 is 2.11 bits per heavy atom. The molecule has 0 spiro atoms. The second-order valence-electron chi connectivity index (χ2n) is 5.44. The van der Waals surface area contributed by atoms with Crippen LogP contribution >= 0.6 is 0 Å². The van der Waals surface area contributed by atoms with Gasteiger partial charge in [0.2, 0.25) is 0 Å². The quantitative estimate of drug-likeness (QED) is 0.861. The molecule has 0 unspecified atom stereocenters. The Balaban J connectivity index is 1.72. The van der Waals surface area contributed by atoms with E-state index in [1.54, 1.807) is 0 Å². The molecule has 3 nitrogen and oxygen atoms in total. The summed E-state index contributed by atoms with van der Waals surface area (Å²) in [6.45, 7) is 4.36. The molecule has 98 valence electrons. The lowest BCUT2D eigenvalue weighted by Gasteiger charge is -2.30. The third-order valence-corrected chi connectivity index (χ3v) is 4.06. The van der Waals surface area contributed by atoms with Crippen molar-refractivity contribution in [2.24, 2.45) is 0 Å². The van der Waals surface area contributed by atoms with Gasteiger partial charge in [0.1, 0.15) is 11.9 Å². The van der Waals surface area contributed by atoms with Crippen LogP contribution in [0.15, 0.2) is 18.2 Å². The summed E-state index contributed by atoms with van der Waals surface area (Å²) >= 11 is 0. The highest BCUT2D eigenvalue weighted by atomic mass is 16.5. The molecule has 2 aliphatic heterocycles. The maximum absolute atomic E-state index is 6.25. The number of ether oxygens (including phenoxy) is 1. The molecule has 1 saturated heterocycles. The summed E-state index contributed by atoms with van der Waals surface area (Å²) in [5, 5.41) is 3.42. The standard InChI is InChI=1S/C15H22N2O/c1-17-9-6-13(7-10-17)18-15-4-2-3-12-11-16-8-5-14(12)15/h2-4,13,16H,5-11H2,1H3. The van der Waals surface area contributed by atoms with Gasteiger partial charge >= 0.3 is 0 Å². The van der Waals surface area contributed by atoms with Crippen molar-refractivity contribution in [1.29, 1.82) is 0 Å². The minimum Gasteiger partial charge on any atom is -0.490 e. The van der Waals surface area contributed by atoms with Crippen LogP contribution in [0.1, 0.15) is 24.0 Å². The Morgan fingerprint density at radius 3 is 2.94 bits per heavy atom. The van der Waals surface area contributed by atoms with E-state index in [1.807, 2.05) is 0 Å². The number of likely N-dealkylation sites (tertiary alicyclic amines) is 1. The first-order chi connectivity index (χ1) is 8.83. The van der Waals surface area contributed by atoms with Crippen LogP contribution in [0.4, 0.5) is 0 Å². The molecule has 0 aliphatic carbocycles. The van der Waals surface area contributed by atoms with Crippen LogP contribution in [-0.2, 0) is 13.0 Å². The van der Waals surface area contributed by atoms with Crippen molar-refractivity contribution in [3.8, 4) is 5.75 Å². The minimum atomic E-state index is 0.405. The molecule has 3 heteroatoms. The highest BCUT2D eigenvalue weighted by molar-refractivity contribution is 5.41. The van der Waals surface area contributed by atoms with Gasteiger partial charge in [-0.2, -0.15) is 0 Å². The van der Waals surface area contributed by atoms with Crippen LogP contribution in [0.5, 0.6) is 5.75 Å². The van der Waals surface area contributed by atoms with E-state index in [9.17, 15) is 0 Å². The molecule has 0 saturated carbocycles. The molecule has 0 radical (unpaired) electrons. The normalized spacial score (nSPS) is 21.6. The van der Waals surface area contributed by atoms with Gasteiger partial charge in [-0.15, -0.1) is 0 Å². The average molecular weight is 246 g/mol. The molecular formula is C15H22N2O. The molecule has 2 aliphatic rings. The van der Waals surface area contributed by atoms with E-state index in [4.69, 9.17) is 4.74 Å². The zero-order chi connectivity index (χ0) is 12.4. The molecule has 0 amide bonds. The largest absolute Gasteiger partial charge is 0.490 e. The lowest BCUT2D eigenvalue weighted by atomic mass is 10.00. The maximum Gasteiger partial charge on any atom is 0.123 e. The fraction of sp³-hybridized carbons (Fsp3) is 0.600. The number of rotatable bonds is 2. The molecule has 0 aromatic heterocycles. The summed E-state index contributed by atoms with van der Waals surface area (Å²) in [5.74, 6) is 1.13. The van der Waals surface area contributed by atoms with Gasteiger partial charge in [0.25, 0.3) is 0 Å². The van der Waals surface area contributed by atoms with Gasteiger partial charge in [-0.25, -0.2) is 0 Å². The number of piperidine rings is 1. The van der Waals surface area contributed by atoms with Gasteiger partial charge in [0, 0.05) is 19.6 Å². The van der Waals surface area contributed by atoms with Crippen LogP contribution in [0, 0.1) is 0 Å². The smallest absolute Gasteiger partial charge is 0.123 e. The Labute approximate surface area is 109 Å². The average Bonchev–Trinajstić information content (AvgIpc) is 2.42. The van der Waals surface area contributed by atoms with Gasteiger partial charge in [-0.05, 0) is 50.0 Å². The number of fused-ring (bicyclic) bond motifs is 1. The molecule has 0 bridgehead atoms. The lowest BCUT2D eigenvalue weighted by molar-refractivity contribution is 0.113. The van der Waals surface area contributed by atoms with Crippen molar-refractivity contribution in [2.45, 2.75) is 31.9 Å². The van der Waals surface area contributed by atoms with Crippen LogP contribution < -0.4 is 10.1 Å². The second kappa shape index (κ2) is 5.29. The molecule has 1 aromatic rings. The van der Waals surface area contributed by atoms with Crippen LogP contribution in [-0.4, -0.2) is 37.7 Å². The molecule has 2 heterocycles. The Kier molecular flexibility index (Phi) is 3.52. The van der Waals surface area contributed by atoms with Crippen molar-refractivity contribution >= 4 is 0 Å². The zero-order valence-corrected chi connectivity index (χ0v) is 11.1. The maximum atomic E-state index is 6.25. The molecule has 3 rings (SSSR count). The number of benzene rings is 1. The Morgan fingerprint density at radius 1 is 1.28 bits per heavy atom. The van der Waals surface area contributed by atoms with Crippen molar-refractivity contribution in [2.75, 3.05) is 26.7 Å². The fourth-order valence-electron chi connectivity index (χ4n) is 2.89. The van der Waals surface area contributed by atoms with Gasteiger partial charge < -0.3 is 15.0 Å².